The van der Waals surface area contributed by atoms with Crippen LogP contribution in [-0.4, -0.2) is 18.9 Å². The molecule has 1 heterocycles. The predicted octanol–water partition coefficient (Wildman–Crippen LogP) is 4.23. The molecule has 1 N–H and O–H groups in total. The van der Waals surface area contributed by atoms with E-state index >= 15 is 0 Å². The van der Waals surface area contributed by atoms with Gasteiger partial charge in [0, 0.05) is 18.3 Å². The summed E-state index contributed by atoms with van der Waals surface area (Å²) in [6.45, 7) is 2.00. The lowest BCUT2D eigenvalue weighted by molar-refractivity contribution is 0.0998. The number of hydrogen-bond donors (Lipinski definition) is 1. The van der Waals surface area contributed by atoms with Crippen LogP contribution in [0, 0.1) is 12.7 Å². The maximum absolute atomic E-state index is 13.1. The first-order valence-corrected chi connectivity index (χ1v) is 11.6. The Morgan fingerprint density at radius 1 is 1.06 bits per heavy atom. The quantitative estimate of drug-likeness (QED) is 0.500. The van der Waals surface area contributed by atoms with Crippen LogP contribution in [-0.2, 0) is 17.1 Å². The van der Waals surface area contributed by atoms with Crippen molar-refractivity contribution >= 4 is 43.2 Å². The van der Waals surface area contributed by atoms with Crippen LogP contribution in [0.25, 0.3) is 10.2 Å². The molecular weight excluding hydrogens is 437 g/mol. The lowest BCUT2D eigenvalue weighted by Crippen LogP contribution is -2.15. The zero-order valence-corrected chi connectivity index (χ0v) is 18.3. The second-order valence-corrected chi connectivity index (χ2v) is 9.61. The molecule has 0 radical (unpaired) electrons. The van der Waals surface area contributed by atoms with E-state index in [1.54, 1.807) is 12.1 Å². The van der Waals surface area contributed by atoms with E-state index in [9.17, 15) is 17.6 Å². The SMILES string of the molecule is Cc1cccc2sc(=NC(=O)c3cccc(NS(=O)(=O)c4ccc(F)cc4)c3)n(C)c12. The highest BCUT2D eigenvalue weighted by Gasteiger charge is 2.15. The highest BCUT2D eigenvalue weighted by atomic mass is 32.2. The van der Waals surface area contributed by atoms with Crippen molar-refractivity contribution in [3.63, 3.8) is 0 Å². The molecule has 0 spiro atoms. The molecule has 158 valence electrons. The molecule has 0 saturated carbocycles. The van der Waals surface area contributed by atoms with Gasteiger partial charge in [-0.05, 0) is 61.0 Å². The van der Waals surface area contributed by atoms with Crippen molar-refractivity contribution in [1.29, 1.82) is 0 Å². The Hall–Kier alpha value is -3.30. The number of sulfonamides is 1. The number of anilines is 1. The Kier molecular flexibility index (Phi) is 5.47. The predicted molar refractivity (Wildman–Crippen MR) is 119 cm³/mol. The summed E-state index contributed by atoms with van der Waals surface area (Å²) < 4.78 is 43.4. The molecule has 0 aliphatic heterocycles. The number of para-hydroxylation sites is 1. The molecule has 0 bridgehead atoms. The van der Waals surface area contributed by atoms with Crippen LogP contribution in [0.15, 0.2) is 76.6 Å². The molecule has 0 aliphatic carbocycles. The fraction of sp³-hybridized carbons (Fsp3) is 0.0909. The molecule has 31 heavy (non-hydrogen) atoms. The summed E-state index contributed by atoms with van der Waals surface area (Å²) in [6.07, 6.45) is 0. The molecule has 0 atom stereocenters. The molecule has 0 aliphatic rings. The third-order valence-electron chi connectivity index (χ3n) is 4.71. The topological polar surface area (TPSA) is 80.5 Å². The number of halogens is 1. The van der Waals surface area contributed by atoms with Crippen LogP contribution < -0.4 is 9.52 Å². The maximum atomic E-state index is 13.1. The Morgan fingerprint density at radius 2 is 1.77 bits per heavy atom. The van der Waals surface area contributed by atoms with Gasteiger partial charge in [-0.3, -0.25) is 9.52 Å². The Morgan fingerprint density at radius 3 is 2.48 bits per heavy atom. The van der Waals surface area contributed by atoms with E-state index in [1.807, 2.05) is 36.7 Å². The van der Waals surface area contributed by atoms with Gasteiger partial charge in [0.05, 0.1) is 15.1 Å². The van der Waals surface area contributed by atoms with Crippen LogP contribution in [0.3, 0.4) is 0 Å². The van der Waals surface area contributed by atoms with Gasteiger partial charge in [-0.2, -0.15) is 4.99 Å². The number of hydrogen-bond acceptors (Lipinski definition) is 4. The van der Waals surface area contributed by atoms with Crippen molar-refractivity contribution in [3.05, 3.63) is 88.5 Å². The summed E-state index contributed by atoms with van der Waals surface area (Å²) in [7, 11) is -2.07. The zero-order valence-electron chi connectivity index (χ0n) is 16.7. The highest BCUT2D eigenvalue weighted by molar-refractivity contribution is 7.92. The Labute approximate surface area is 182 Å². The normalized spacial score (nSPS) is 12.3. The first-order chi connectivity index (χ1) is 14.7. The average molecular weight is 456 g/mol. The number of amides is 1. The molecular formula is C22H18FN3O3S2. The molecule has 4 aromatic rings. The third kappa shape index (κ3) is 4.28. The van der Waals surface area contributed by atoms with Crippen molar-refractivity contribution in [3.8, 4) is 0 Å². The standard InChI is InChI=1S/C22H18FN3O3S2/c1-14-5-3-8-19-20(14)26(2)22(30-19)24-21(27)15-6-4-7-17(13-15)25-31(28,29)18-11-9-16(23)10-12-18/h3-13,25H,1-2H3. The number of carbonyl (C=O) groups excluding carboxylic acids is 1. The van der Waals surface area contributed by atoms with Crippen LogP contribution in [0.2, 0.25) is 0 Å². The second-order valence-electron chi connectivity index (χ2n) is 6.92. The molecule has 0 saturated heterocycles. The van der Waals surface area contributed by atoms with Gasteiger partial charge in [0.15, 0.2) is 4.80 Å². The Balaban J connectivity index is 1.65. The van der Waals surface area contributed by atoms with Gasteiger partial charge in [-0.15, -0.1) is 0 Å². The molecule has 1 aromatic heterocycles. The molecule has 0 fully saturated rings. The lowest BCUT2D eigenvalue weighted by atomic mass is 10.2. The monoisotopic (exact) mass is 455 g/mol. The fourth-order valence-electron chi connectivity index (χ4n) is 3.20. The number of fused-ring (bicyclic) bond motifs is 1. The molecule has 0 unspecified atom stereocenters. The minimum absolute atomic E-state index is 0.0806. The van der Waals surface area contributed by atoms with Gasteiger partial charge in [0.25, 0.3) is 15.9 Å². The average Bonchev–Trinajstić information content (AvgIpc) is 3.04. The first-order valence-electron chi connectivity index (χ1n) is 9.27. The molecule has 4 rings (SSSR count). The molecule has 3 aromatic carbocycles. The smallest absolute Gasteiger partial charge is 0.279 e. The third-order valence-corrected chi connectivity index (χ3v) is 7.20. The van der Waals surface area contributed by atoms with Crippen molar-refractivity contribution in [1.82, 2.24) is 4.57 Å². The van der Waals surface area contributed by atoms with Gasteiger partial charge in [0.2, 0.25) is 0 Å². The van der Waals surface area contributed by atoms with E-state index in [4.69, 9.17) is 0 Å². The summed E-state index contributed by atoms with van der Waals surface area (Å²) in [5.41, 5.74) is 2.55. The van der Waals surface area contributed by atoms with Gasteiger partial charge < -0.3 is 4.57 Å². The summed E-state index contributed by atoms with van der Waals surface area (Å²) in [5.74, 6) is -1.01. The second kappa shape index (κ2) is 8.09. The molecule has 6 nitrogen and oxygen atoms in total. The number of nitrogens with one attached hydrogen (secondary N) is 1. The van der Waals surface area contributed by atoms with Crippen LogP contribution >= 0.6 is 11.3 Å². The minimum Gasteiger partial charge on any atom is -0.319 e. The van der Waals surface area contributed by atoms with Gasteiger partial charge >= 0.3 is 0 Å². The van der Waals surface area contributed by atoms with Crippen LogP contribution in [0.1, 0.15) is 15.9 Å². The van der Waals surface area contributed by atoms with E-state index in [0.717, 1.165) is 27.9 Å². The van der Waals surface area contributed by atoms with E-state index < -0.39 is 21.7 Å². The fourth-order valence-corrected chi connectivity index (χ4v) is 5.34. The molecule has 1 amide bonds. The van der Waals surface area contributed by atoms with E-state index in [2.05, 4.69) is 9.71 Å². The van der Waals surface area contributed by atoms with Gasteiger partial charge in [-0.25, -0.2) is 12.8 Å². The first kappa shape index (κ1) is 21.0. The highest BCUT2D eigenvalue weighted by Crippen LogP contribution is 2.21. The largest absolute Gasteiger partial charge is 0.319 e. The van der Waals surface area contributed by atoms with E-state index in [0.29, 0.717) is 4.80 Å². The van der Waals surface area contributed by atoms with Gasteiger partial charge in [-0.1, -0.05) is 29.5 Å². The number of carbonyl (C=O) groups is 1. The van der Waals surface area contributed by atoms with Crippen LogP contribution in [0.4, 0.5) is 10.1 Å². The van der Waals surface area contributed by atoms with E-state index in [-0.39, 0.29) is 16.1 Å². The minimum atomic E-state index is -3.92. The van der Waals surface area contributed by atoms with Crippen molar-refractivity contribution < 1.29 is 17.6 Å². The van der Waals surface area contributed by atoms with Crippen molar-refractivity contribution in [2.75, 3.05) is 4.72 Å². The Bertz CT molecular complexity index is 1470. The zero-order chi connectivity index (χ0) is 22.2. The lowest BCUT2D eigenvalue weighted by Gasteiger charge is -2.08. The number of nitrogens with zero attached hydrogens (tertiary/aromatic N) is 2. The number of rotatable bonds is 4. The summed E-state index contributed by atoms with van der Waals surface area (Å²) in [6, 6.07) is 16.5. The van der Waals surface area contributed by atoms with E-state index in [1.165, 1.54) is 35.6 Å². The number of thiazole rings is 1. The number of aromatic nitrogens is 1. The number of aryl methyl sites for hydroxylation is 2. The summed E-state index contributed by atoms with van der Waals surface area (Å²) in [4.78, 5) is 17.5. The van der Waals surface area contributed by atoms with Crippen molar-refractivity contribution in [2.24, 2.45) is 12.0 Å². The number of benzene rings is 3. The maximum Gasteiger partial charge on any atom is 0.279 e. The van der Waals surface area contributed by atoms with Crippen LogP contribution in [0.5, 0.6) is 0 Å². The molecule has 9 heteroatoms. The summed E-state index contributed by atoms with van der Waals surface area (Å²) >= 11 is 1.41. The van der Waals surface area contributed by atoms with Crippen molar-refractivity contribution in [2.45, 2.75) is 11.8 Å². The summed E-state index contributed by atoms with van der Waals surface area (Å²) in [5, 5.41) is 0. The van der Waals surface area contributed by atoms with Gasteiger partial charge in [0.1, 0.15) is 5.82 Å².